The average molecular weight is 1940 g/mol. The summed E-state index contributed by atoms with van der Waals surface area (Å²) in [6.45, 7) is 1.42. The van der Waals surface area contributed by atoms with Gasteiger partial charge in [-0.2, -0.15) is 0 Å². The van der Waals surface area contributed by atoms with E-state index in [2.05, 4.69) is 0 Å². The number of aliphatic hydroxyl groups excluding tert-OH is 7. The molecule has 8 atom stereocenters. The van der Waals surface area contributed by atoms with Crippen LogP contribution in [0.15, 0.2) is 231 Å². The largest absolute Gasteiger partial charge is 2.00 e. The summed E-state index contributed by atoms with van der Waals surface area (Å²) < 4.78 is 59.7. The third-order valence-corrected chi connectivity index (χ3v) is 22.0. The molecule has 17 rings (SSSR count). The van der Waals surface area contributed by atoms with Crippen LogP contribution in [0.4, 0.5) is 17.6 Å². The number of ether oxygens (including phenoxy) is 1. The predicted molar refractivity (Wildman–Crippen MR) is 498 cm³/mol. The van der Waals surface area contributed by atoms with Crippen molar-refractivity contribution in [1.29, 1.82) is 0 Å². The third-order valence-electron chi connectivity index (χ3n) is 22.0. The van der Waals surface area contributed by atoms with Crippen LogP contribution in [-0.4, -0.2) is 209 Å². The molecule has 5 aliphatic rings. The normalized spacial score (nSPS) is 16.1. The molecule has 12 aromatic rings. The zero-order chi connectivity index (χ0) is 86.5. The Kier molecular flexibility index (Phi) is 46.7. The average Bonchev–Trinajstić information content (AvgIpc) is 1.44. The summed E-state index contributed by atoms with van der Waals surface area (Å²) in [4.78, 5) is 63.7. The minimum atomic E-state index is -1.37. The number of carboxylic acid groups (broad SMARTS) is 2. The summed E-state index contributed by atoms with van der Waals surface area (Å²) in [5.74, 6) is -3.31. The first-order valence-corrected chi connectivity index (χ1v) is 41.4. The van der Waals surface area contributed by atoms with Gasteiger partial charge in [0.05, 0.1) is 94.0 Å². The van der Waals surface area contributed by atoms with Crippen molar-refractivity contribution >= 4 is 192 Å². The summed E-state index contributed by atoms with van der Waals surface area (Å²) in [7, 11) is 0. The predicted octanol–water partition coefficient (Wildman–Crippen LogP) is 7.07. The zero-order valence-corrected chi connectivity index (χ0v) is 81.4. The van der Waals surface area contributed by atoms with Gasteiger partial charge in [-0.05, 0) is 147 Å². The topological polar surface area (TPSA) is 348 Å². The van der Waals surface area contributed by atoms with Crippen LogP contribution in [0.1, 0.15) is 173 Å². The Balaban J connectivity index is 0.000000304. The van der Waals surface area contributed by atoms with Crippen LogP contribution in [0, 0.1) is 23.3 Å². The third kappa shape index (κ3) is 31.1. The molecule has 678 valence electrons. The van der Waals surface area contributed by atoms with Crippen LogP contribution in [0.3, 0.4) is 0 Å². The first kappa shape index (κ1) is 115. The van der Waals surface area contributed by atoms with Crippen molar-refractivity contribution in [3.63, 3.8) is 0 Å². The van der Waals surface area contributed by atoms with E-state index in [9.17, 15) is 82.7 Å². The summed E-state index contributed by atoms with van der Waals surface area (Å²) >= 11 is 0. The van der Waals surface area contributed by atoms with E-state index in [1.54, 1.807) is 72.8 Å². The number of hydrogen-bond acceptors (Lipinski definition) is 18. The first-order valence-electron chi connectivity index (χ1n) is 41.4. The number of halogens is 8. The number of ketones is 1. The number of aromatic nitrogens is 4. The molecule has 0 unspecified atom stereocenters. The molecule has 0 bridgehead atoms. The number of fused-ring (bicyclic) bond motifs is 4. The van der Waals surface area contributed by atoms with Gasteiger partial charge in [-0.25, -0.2) is 17.6 Å². The number of aliphatic carboxylic acids is 2. The Hall–Kier alpha value is -7.74. The molecule has 0 radical (unpaired) electrons. The summed E-state index contributed by atoms with van der Waals surface area (Å²) in [5.41, 5.74) is 17.9. The number of allylic oxidation sites excluding steroid dienone is 2. The fraction of sp³-hybridized carbons (Fsp3) is 0.275. The molecule has 30 heteroatoms. The van der Waals surface area contributed by atoms with E-state index in [1.165, 1.54) is 61.5 Å². The Bertz CT molecular complexity index is 5640. The van der Waals surface area contributed by atoms with Crippen LogP contribution in [0.25, 0.3) is 112 Å². The van der Waals surface area contributed by atoms with Gasteiger partial charge in [0.15, 0.2) is 0 Å². The second-order valence-corrected chi connectivity index (χ2v) is 32.0. The number of rotatable bonds is 28. The molecule has 8 aromatic carbocycles. The van der Waals surface area contributed by atoms with Gasteiger partial charge in [-0.1, -0.05) is 183 Å². The van der Waals surface area contributed by atoms with Crippen molar-refractivity contribution in [2.24, 2.45) is 0 Å². The van der Waals surface area contributed by atoms with Crippen molar-refractivity contribution in [2.75, 3.05) is 0 Å². The SMILES string of the molecule is C.CC(=O)C[C@H](O)C[C@H](O)/C=C/c1c(C2CC2)nc2ccccc2c1-c1ccc(F)cc1.Cl.Cl.O.O=C([O-])C[C@H](O)C[C@H](O)/C=C/c1c(C2C=C2)nc2ccccc2c1-c1ccc(F)cc1.O=C([O-])C[C@H](O)C[C@H](O)/C=C/c1c(C2CC2)nc2ccccc2c1-c1ccc(F)cc1.O=C1C[C@H](O)C[C@@H](/C=C/c2c(C3CC3)nc3ccccc3c2-c2ccc(F)cc2)O1.[Ca+2].[Ca+2].[Cl-].[Cl-].[Na+]. The molecule has 0 spiro atoms. The Morgan fingerprint density at radius 2 is 0.697 bits per heavy atom. The molecule has 5 heterocycles. The molecule has 0 amide bonds. The molecule has 3 saturated carbocycles. The van der Waals surface area contributed by atoms with Gasteiger partial charge >= 0.3 is 111 Å². The van der Waals surface area contributed by atoms with Gasteiger partial charge in [-0.3, -0.25) is 29.5 Å². The first-order chi connectivity index (χ1) is 59.3. The smallest absolute Gasteiger partial charge is 1.00 e. The number of nitrogens with zero attached hydrogens (tertiary/aromatic N) is 4. The van der Waals surface area contributed by atoms with Crippen molar-refractivity contribution in [3.05, 3.63) is 299 Å². The number of hydrogen-bond donors (Lipinski definition) is 7. The van der Waals surface area contributed by atoms with E-state index < -0.39 is 73.6 Å². The minimum absolute atomic E-state index is 0. The van der Waals surface area contributed by atoms with E-state index in [1.807, 2.05) is 127 Å². The van der Waals surface area contributed by atoms with Gasteiger partial charge in [0.1, 0.15) is 35.2 Å². The Morgan fingerprint density at radius 1 is 0.432 bits per heavy atom. The number of carbonyl (C=O) groups is 4. The van der Waals surface area contributed by atoms with Crippen LogP contribution in [0.2, 0.25) is 0 Å². The number of aliphatic hydroxyl groups is 7. The van der Waals surface area contributed by atoms with Gasteiger partial charge in [0, 0.05) is 147 Å². The summed E-state index contributed by atoms with van der Waals surface area (Å²) in [6.07, 6.45) is 16.1. The summed E-state index contributed by atoms with van der Waals surface area (Å²) in [5, 5.41) is 95.5. The van der Waals surface area contributed by atoms with E-state index in [0.717, 1.165) is 172 Å². The van der Waals surface area contributed by atoms with Crippen LogP contribution in [0.5, 0.6) is 0 Å². The van der Waals surface area contributed by atoms with Crippen molar-refractivity contribution in [2.45, 2.75) is 177 Å². The fourth-order valence-electron chi connectivity index (χ4n) is 15.7. The molecule has 1 saturated heterocycles. The second kappa shape index (κ2) is 53.7. The van der Waals surface area contributed by atoms with Gasteiger partial charge in [0.25, 0.3) is 0 Å². The molecular formula is C102H100Ca2Cl4F4N4NaO15+. The van der Waals surface area contributed by atoms with Crippen molar-refractivity contribution in [1.82, 2.24) is 19.9 Å². The monoisotopic (exact) mass is 1940 g/mol. The van der Waals surface area contributed by atoms with Gasteiger partial charge in [-0.15, -0.1) is 24.8 Å². The number of cyclic esters (lactones) is 1. The second-order valence-electron chi connectivity index (χ2n) is 32.0. The number of carbonyl (C=O) groups excluding carboxylic acids is 4. The number of Topliss-reactive ketones (excluding diaryl/α,β-unsaturated/α-hetero) is 1. The van der Waals surface area contributed by atoms with Crippen molar-refractivity contribution < 1.29 is 147 Å². The van der Waals surface area contributed by atoms with E-state index in [0.29, 0.717) is 24.2 Å². The molecule has 9 N–H and O–H groups in total. The standard InChI is InChI=1S/C26H26FNO3.C25H24FNO4.C25H22FNO4.C25H22FNO3.CH4.2Ca.4ClH.Na.H2O/c1-16(29)14-21(31)15-20(30)12-13-23-25(17-8-10-19(27)11-9-17)22-4-2-3-5-24(22)28-26(23)18-6-7-18;2*26-17-9-7-15(8-10-17)24-20-3-1-2-4-22(20)27-25(16-5-6-16)21(24)12-11-18(28)13-19(29)14-23(30)31;26-17-9-7-15(8-10-17)24-20-3-1-2-4-22(20)27-25(16-5-6-16)21(24)12-11-19-13-18(28)14-23(29)30-19;;;;;;;;;/h2-5,8-13,18,20-21,30-31H,6-7,14-15H2,1H3;1-4,7-12,16,18-19,28-29H,5-6,13-14H2,(H,30,31);1-12,16,18-19,28-29H,13-14H2,(H,30,31);1-4,7-12,16,18-19,28H,5-6,13-14H2;1H4;;;4*1H;;1H2/q;;;;;2*+2;;;;;+1;/p-4/b13-12+;3*12-11+;;;;;;;;;/t20-,21+;3*18-,19-;;;;;;;;;/m1111........./s1. The fourth-order valence-corrected chi connectivity index (χ4v) is 15.7. The van der Waals surface area contributed by atoms with E-state index in [-0.39, 0.29) is 241 Å². The van der Waals surface area contributed by atoms with Crippen molar-refractivity contribution in [3.8, 4) is 44.5 Å². The molecule has 19 nitrogen and oxygen atoms in total. The maximum atomic E-state index is 13.6. The van der Waals surface area contributed by atoms with E-state index >= 15 is 0 Å². The molecule has 4 aliphatic carbocycles. The number of pyridine rings is 4. The maximum Gasteiger partial charge on any atom is 2.00 e. The number of esters is 1. The molecular weight excluding hydrogens is 1840 g/mol. The molecule has 4 aromatic heterocycles. The molecule has 132 heavy (non-hydrogen) atoms. The Morgan fingerprint density at radius 3 is 0.962 bits per heavy atom. The van der Waals surface area contributed by atoms with Gasteiger partial charge in [0.2, 0.25) is 0 Å². The van der Waals surface area contributed by atoms with Crippen LogP contribution < -0.4 is 64.6 Å². The maximum absolute atomic E-state index is 13.6. The number of benzene rings is 8. The quantitative estimate of drug-likeness (QED) is 0.0112. The van der Waals surface area contributed by atoms with E-state index in [4.69, 9.17) is 24.7 Å². The Labute approximate surface area is 870 Å². The van der Waals surface area contributed by atoms with Gasteiger partial charge < -0.3 is 90.6 Å². The minimum Gasteiger partial charge on any atom is -1.00 e. The molecule has 4 fully saturated rings. The zero-order valence-electron chi connectivity index (χ0n) is 71.9. The molecule has 1 aliphatic heterocycles. The van der Waals surface area contributed by atoms with Crippen LogP contribution in [-0.2, 0) is 23.9 Å². The summed E-state index contributed by atoms with van der Waals surface area (Å²) in [6, 6.07) is 56.7. The number of para-hydroxylation sites is 4. The van der Waals surface area contributed by atoms with Crippen LogP contribution >= 0.6 is 24.8 Å². The number of carboxylic acids is 2.